The van der Waals surface area contributed by atoms with Gasteiger partial charge in [-0.3, -0.25) is 0 Å². The molecule has 0 saturated heterocycles. The molecule has 19 heavy (non-hydrogen) atoms. The summed E-state index contributed by atoms with van der Waals surface area (Å²) in [6.07, 6.45) is 0. The number of nitrogens with one attached hydrogen (secondary N) is 1. The van der Waals surface area contributed by atoms with Crippen LogP contribution in [0.4, 0.5) is 8.78 Å². The summed E-state index contributed by atoms with van der Waals surface area (Å²) in [5.41, 5.74) is 0.510. The Bertz CT molecular complexity index is 566. The minimum atomic E-state index is -0.745. The van der Waals surface area contributed by atoms with Crippen molar-refractivity contribution in [2.24, 2.45) is 0 Å². The van der Waals surface area contributed by atoms with Crippen LogP contribution in [0.25, 0.3) is 0 Å². The molecule has 0 spiro atoms. The molecule has 5 heteroatoms. The summed E-state index contributed by atoms with van der Waals surface area (Å²) < 4.78 is 32.8. The van der Waals surface area contributed by atoms with Crippen molar-refractivity contribution in [1.29, 1.82) is 0 Å². The first-order valence-electron chi connectivity index (χ1n) is 5.66. The molecule has 0 radical (unpaired) electrons. The molecule has 1 N–H and O–H groups in total. The highest BCUT2D eigenvalue weighted by Gasteiger charge is 2.13. The second-order valence-electron chi connectivity index (χ2n) is 3.98. The van der Waals surface area contributed by atoms with Gasteiger partial charge in [-0.2, -0.15) is 0 Å². The van der Waals surface area contributed by atoms with Crippen LogP contribution in [0.1, 0.15) is 5.56 Å². The summed E-state index contributed by atoms with van der Waals surface area (Å²) >= 11 is 5.78. The fourth-order valence-electron chi connectivity index (χ4n) is 1.66. The number of rotatable bonds is 4. The van der Waals surface area contributed by atoms with Crippen molar-refractivity contribution in [2.45, 2.75) is 6.54 Å². The van der Waals surface area contributed by atoms with Crippen LogP contribution in [0.5, 0.6) is 11.5 Å². The van der Waals surface area contributed by atoms with E-state index in [1.807, 2.05) is 0 Å². The van der Waals surface area contributed by atoms with Crippen LogP contribution in [-0.4, -0.2) is 7.05 Å². The van der Waals surface area contributed by atoms with Crippen LogP contribution in [0.3, 0.4) is 0 Å². The molecule has 2 aromatic rings. The van der Waals surface area contributed by atoms with E-state index in [-0.39, 0.29) is 5.75 Å². The molecule has 0 aliphatic carbocycles. The van der Waals surface area contributed by atoms with E-state index in [1.54, 1.807) is 25.2 Å². The molecule has 0 amide bonds. The zero-order valence-electron chi connectivity index (χ0n) is 10.2. The SMILES string of the molecule is CNCc1cc(F)c(Oc2cccc(Cl)c2)c(F)c1. The lowest BCUT2D eigenvalue weighted by Gasteiger charge is -2.10. The van der Waals surface area contributed by atoms with Crippen LogP contribution < -0.4 is 10.1 Å². The van der Waals surface area contributed by atoms with Crippen LogP contribution in [0.15, 0.2) is 36.4 Å². The van der Waals surface area contributed by atoms with Crippen molar-refractivity contribution < 1.29 is 13.5 Å². The van der Waals surface area contributed by atoms with E-state index in [2.05, 4.69) is 5.32 Å². The van der Waals surface area contributed by atoms with Gasteiger partial charge in [0.25, 0.3) is 0 Å². The zero-order chi connectivity index (χ0) is 13.8. The van der Waals surface area contributed by atoms with Gasteiger partial charge in [0.05, 0.1) is 0 Å². The third-order valence-corrected chi connectivity index (χ3v) is 2.69. The monoisotopic (exact) mass is 283 g/mol. The Balaban J connectivity index is 2.30. The maximum atomic E-state index is 13.8. The molecular formula is C14H12ClF2NO. The first-order valence-corrected chi connectivity index (χ1v) is 6.04. The normalized spacial score (nSPS) is 10.5. The van der Waals surface area contributed by atoms with Crippen molar-refractivity contribution in [1.82, 2.24) is 5.32 Å². The van der Waals surface area contributed by atoms with E-state index in [0.717, 1.165) is 0 Å². The Morgan fingerprint density at radius 1 is 1.16 bits per heavy atom. The number of halogens is 3. The van der Waals surface area contributed by atoms with Gasteiger partial charge in [-0.05, 0) is 42.9 Å². The van der Waals surface area contributed by atoms with Gasteiger partial charge in [-0.1, -0.05) is 17.7 Å². The molecule has 0 aliphatic rings. The number of ether oxygens (including phenoxy) is 1. The van der Waals surface area contributed by atoms with Crippen LogP contribution >= 0.6 is 11.6 Å². The fourth-order valence-corrected chi connectivity index (χ4v) is 1.84. The smallest absolute Gasteiger partial charge is 0.198 e. The van der Waals surface area contributed by atoms with Gasteiger partial charge in [-0.15, -0.1) is 0 Å². The molecule has 0 aromatic heterocycles. The highest BCUT2D eigenvalue weighted by molar-refractivity contribution is 6.30. The van der Waals surface area contributed by atoms with Gasteiger partial charge in [0, 0.05) is 11.6 Å². The molecule has 0 heterocycles. The Morgan fingerprint density at radius 3 is 2.42 bits per heavy atom. The molecule has 0 atom stereocenters. The number of hydrogen-bond acceptors (Lipinski definition) is 2. The molecule has 0 fully saturated rings. The molecule has 2 nitrogen and oxygen atoms in total. The fraction of sp³-hybridized carbons (Fsp3) is 0.143. The van der Waals surface area contributed by atoms with Crippen molar-refractivity contribution in [2.75, 3.05) is 7.05 Å². The first kappa shape index (κ1) is 13.8. The number of benzene rings is 2. The van der Waals surface area contributed by atoms with Crippen molar-refractivity contribution in [3.8, 4) is 11.5 Å². The van der Waals surface area contributed by atoms with E-state index in [4.69, 9.17) is 16.3 Å². The summed E-state index contributed by atoms with van der Waals surface area (Å²) in [5, 5.41) is 3.26. The average Bonchev–Trinajstić information content (AvgIpc) is 2.34. The van der Waals surface area contributed by atoms with E-state index >= 15 is 0 Å². The predicted octanol–water partition coefficient (Wildman–Crippen LogP) is 4.13. The molecule has 0 aliphatic heterocycles. The summed E-state index contributed by atoms with van der Waals surface area (Å²) in [6, 6.07) is 8.83. The molecule has 0 saturated carbocycles. The minimum Gasteiger partial charge on any atom is -0.451 e. The minimum absolute atomic E-state index is 0.284. The maximum absolute atomic E-state index is 13.8. The molecule has 0 bridgehead atoms. The second-order valence-corrected chi connectivity index (χ2v) is 4.41. The molecular weight excluding hydrogens is 272 g/mol. The average molecular weight is 284 g/mol. The topological polar surface area (TPSA) is 21.3 Å². The second kappa shape index (κ2) is 5.99. The van der Waals surface area contributed by atoms with Crippen molar-refractivity contribution in [3.63, 3.8) is 0 Å². The van der Waals surface area contributed by atoms with Crippen LogP contribution in [-0.2, 0) is 6.54 Å². The zero-order valence-corrected chi connectivity index (χ0v) is 11.0. The lowest BCUT2D eigenvalue weighted by molar-refractivity contribution is 0.406. The van der Waals surface area contributed by atoms with E-state index in [9.17, 15) is 8.78 Å². The van der Waals surface area contributed by atoms with Gasteiger partial charge < -0.3 is 10.1 Å². The van der Waals surface area contributed by atoms with Crippen LogP contribution in [0.2, 0.25) is 5.02 Å². The van der Waals surface area contributed by atoms with Gasteiger partial charge in [0.2, 0.25) is 0 Å². The lowest BCUT2D eigenvalue weighted by atomic mass is 10.2. The van der Waals surface area contributed by atoms with Crippen molar-refractivity contribution in [3.05, 3.63) is 58.6 Å². The van der Waals surface area contributed by atoms with Crippen molar-refractivity contribution >= 4 is 11.6 Å². The predicted molar refractivity (Wildman–Crippen MR) is 70.6 cm³/mol. The van der Waals surface area contributed by atoms with Gasteiger partial charge in [-0.25, -0.2) is 8.78 Å². The molecule has 100 valence electrons. The first-order chi connectivity index (χ1) is 9.10. The quantitative estimate of drug-likeness (QED) is 0.911. The third kappa shape index (κ3) is 3.43. The molecule has 0 unspecified atom stereocenters. The van der Waals surface area contributed by atoms with Gasteiger partial charge in [0.1, 0.15) is 5.75 Å². The Morgan fingerprint density at radius 2 is 1.84 bits per heavy atom. The molecule has 2 rings (SSSR count). The molecule has 2 aromatic carbocycles. The largest absolute Gasteiger partial charge is 0.451 e. The van der Waals surface area contributed by atoms with Gasteiger partial charge in [0.15, 0.2) is 17.4 Å². The summed E-state index contributed by atoms with van der Waals surface area (Å²) in [6.45, 7) is 0.380. The van der Waals surface area contributed by atoms with E-state index in [0.29, 0.717) is 17.1 Å². The Kier molecular flexibility index (Phi) is 4.35. The standard InChI is InChI=1S/C14H12ClF2NO/c1-18-8-9-5-12(16)14(13(17)6-9)19-11-4-2-3-10(15)7-11/h2-7,18H,8H2,1H3. The Labute approximate surface area is 115 Å². The highest BCUT2D eigenvalue weighted by atomic mass is 35.5. The maximum Gasteiger partial charge on any atom is 0.198 e. The summed E-state index contributed by atoms with van der Waals surface area (Å²) in [5.74, 6) is -1.63. The van der Waals surface area contributed by atoms with Crippen LogP contribution in [0, 0.1) is 11.6 Å². The highest BCUT2D eigenvalue weighted by Crippen LogP contribution is 2.29. The Hall–Kier alpha value is -1.65. The lowest BCUT2D eigenvalue weighted by Crippen LogP contribution is -2.06. The summed E-state index contributed by atoms with van der Waals surface area (Å²) in [7, 11) is 1.70. The van der Waals surface area contributed by atoms with Gasteiger partial charge >= 0.3 is 0 Å². The van der Waals surface area contributed by atoms with E-state index < -0.39 is 17.4 Å². The number of hydrogen-bond donors (Lipinski definition) is 1. The third-order valence-electron chi connectivity index (χ3n) is 2.45. The summed E-state index contributed by atoms with van der Waals surface area (Å²) in [4.78, 5) is 0. The van der Waals surface area contributed by atoms with E-state index in [1.165, 1.54) is 18.2 Å².